The highest BCUT2D eigenvalue weighted by Crippen LogP contribution is 2.41. The molecule has 0 bridgehead atoms. The Labute approximate surface area is 83.9 Å². The second kappa shape index (κ2) is 3.48. The fraction of sp³-hybridized carbons (Fsp3) is 0.400. The standard InChI is InChI=1S/C10H9F4N/c11-5-3-6(12)8(13)9(14)7(5)10(15)4-1-2-4/h3-4,10H,1-2,15H2. The van der Waals surface area contributed by atoms with Crippen molar-refractivity contribution in [3.8, 4) is 0 Å². The van der Waals surface area contributed by atoms with E-state index < -0.39 is 34.9 Å². The van der Waals surface area contributed by atoms with E-state index in [4.69, 9.17) is 5.73 Å². The second-order valence-electron chi connectivity index (χ2n) is 3.75. The van der Waals surface area contributed by atoms with Crippen LogP contribution in [0.3, 0.4) is 0 Å². The molecule has 1 unspecified atom stereocenters. The van der Waals surface area contributed by atoms with Crippen LogP contribution in [-0.4, -0.2) is 0 Å². The summed E-state index contributed by atoms with van der Waals surface area (Å²) >= 11 is 0. The quantitative estimate of drug-likeness (QED) is 0.462. The predicted octanol–water partition coefficient (Wildman–Crippen LogP) is 2.65. The number of hydrogen-bond acceptors (Lipinski definition) is 1. The van der Waals surface area contributed by atoms with Crippen molar-refractivity contribution in [2.24, 2.45) is 11.7 Å². The van der Waals surface area contributed by atoms with E-state index in [1.165, 1.54) is 0 Å². The van der Waals surface area contributed by atoms with Crippen LogP contribution in [0.5, 0.6) is 0 Å². The molecular formula is C10H9F4N. The molecular weight excluding hydrogens is 210 g/mol. The van der Waals surface area contributed by atoms with Crippen LogP contribution in [0.4, 0.5) is 17.6 Å². The van der Waals surface area contributed by atoms with Gasteiger partial charge in [0.15, 0.2) is 17.5 Å². The lowest BCUT2D eigenvalue weighted by atomic mass is 10.0. The van der Waals surface area contributed by atoms with E-state index in [1.54, 1.807) is 0 Å². The van der Waals surface area contributed by atoms with Crippen LogP contribution in [0.2, 0.25) is 0 Å². The first-order valence-corrected chi connectivity index (χ1v) is 4.61. The molecule has 15 heavy (non-hydrogen) atoms. The van der Waals surface area contributed by atoms with Crippen molar-refractivity contribution in [2.75, 3.05) is 0 Å². The third-order valence-corrected chi connectivity index (χ3v) is 2.61. The van der Waals surface area contributed by atoms with Crippen molar-refractivity contribution < 1.29 is 17.6 Å². The van der Waals surface area contributed by atoms with Gasteiger partial charge in [0.25, 0.3) is 0 Å². The van der Waals surface area contributed by atoms with Crippen LogP contribution < -0.4 is 5.73 Å². The largest absolute Gasteiger partial charge is 0.324 e. The molecule has 1 aromatic rings. The molecule has 0 radical (unpaired) electrons. The smallest absolute Gasteiger partial charge is 0.194 e. The molecule has 1 nitrogen and oxygen atoms in total. The minimum absolute atomic E-state index is 0.0288. The fourth-order valence-corrected chi connectivity index (χ4v) is 1.58. The third-order valence-electron chi connectivity index (χ3n) is 2.61. The average molecular weight is 219 g/mol. The summed E-state index contributed by atoms with van der Waals surface area (Å²) < 4.78 is 51.9. The van der Waals surface area contributed by atoms with Gasteiger partial charge in [-0.25, -0.2) is 17.6 Å². The average Bonchev–Trinajstić information content (AvgIpc) is 2.97. The topological polar surface area (TPSA) is 26.0 Å². The van der Waals surface area contributed by atoms with Gasteiger partial charge in [-0.1, -0.05) is 0 Å². The molecule has 82 valence electrons. The van der Waals surface area contributed by atoms with Crippen molar-refractivity contribution >= 4 is 0 Å². The molecule has 0 spiro atoms. The summed E-state index contributed by atoms with van der Waals surface area (Å²) in [6.45, 7) is 0. The van der Waals surface area contributed by atoms with E-state index >= 15 is 0 Å². The number of hydrogen-bond donors (Lipinski definition) is 1. The Morgan fingerprint density at radius 1 is 1.07 bits per heavy atom. The monoisotopic (exact) mass is 219 g/mol. The molecule has 0 heterocycles. The zero-order valence-electron chi connectivity index (χ0n) is 7.74. The van der Waals surface area contributed by atoms with E-state index in [0.717, 1.165) is 12.8 Å². The van der Waals surface area contributed by atoms with Gasteiger partial charge >= 0.3 is 0 Å². The highest BCUT2D eigenvalue weighted by molar-refractivity contribution is 5.26. The van der Waals surface area contributed by atoms with Gasteiger partial charge in [0, 0.05) is 17.7 Å². The van der Waals surface area contributed by atoms with Crippen molar-refractivity contribution in [3.63, 3.8) is 0 Å². The Hall–Kier alpha value is -1.10. The van der Waals surface area contributed by atoms with Gasteiger partial charge in [0.2, 0.25) is 0 Å². The predicted molar refractivity (Wildman–Crippen MR) is 45.9 cm³/mol. The van der Waals surface area contributed by atoms with Gasteiger partial charge in [0.05, 0.1) is 0 Å². The minimum Gasteiger partial charge on any atom is -0.324 e. The molecule has 0 saturated heterocycles. The molecule has 0 aliphatic heterocycles. The Kier molecular flexibility index (Phi) is 2.42. The van der Waals surface area contributed by atoms with Crippen LogP contribution in [-0.2, 0) is 0 Å². The molecule has 1 fully saturated rings. The molecule has 1 aliphatic carbocycles. The molecule has 1 aromatic carbocycles. The van der Waals surface area contributed by atoms with Crippen molar-refractivity contribution in [3.05, 3.63) is 34.9 Å². The van der Waals surface area contributed by atoms with Crippen LogP contribution >= 0.6 is 0 Å². The minimum atomic E-state index is -1.66. The van der Waals surface area contributed by atoms with Crippen LogP contribution in [0.1, 0.15) is 24.4 Å². The van der Waals surface area contributed by atoms with Gasteiger partial charge in [0.1, 0.15) is 5.82 Å². The van der Waals surface area contributed by atoms with Crippen molar-refractivity contribution in [2.45, 2.75) is 18.9 Å². The van der Waals surface area contributed by atoms with E-state index in [-0.39, 0.29) is 5.92 Å². The van der Waals surface area contributed by atoms with Crippen LogP contribution in [0.15, 0.2) is 6.07 Å². The van der Waals surface area contributed by atoms with Crippen molar-refractivity contribution in [1.29, 1.82) is 0 Å². The number of halogens is 4. The number of nitrogens with two attached hydrogens (primary N) is 1. The summed E-state index contributed by atoms with van der Waals surface area (Å²) in [5.41, 5.74) is 5.01. The molecule has 5 heteroatoms. The lowest BCUT2D eigenvalue weighted by Crippen LogP contribution is -2.17. The van der Waals surface area contributed by atoms with Gasteiger partial charge in [-0.2, -0.15) is 0 Å². The maximum atomic E-state index is 13.2. The summed E-state index contributed by atoms with van der Waals surface area (Å²) in [6.07, 6.45) is 1.53. The molecule has 1 atom stereocenters. The Morgan fingerprint density at radius 3 is 2.20 bits per heavy atom. The van der Waals surface area contributed by atoms with Crippen molar-refractivity contribution in [1.82, 2.24) is 0 Å². The zero-order chi connectivity index (χ0) is 11.2. The molecule has 2 rings (SSSR count). The molecule has 2 N–H and O–H groups in total. The van der Waals surface area contributed by atoms with E-state index in [9.17, 15) is 17.6 Å². The first-order chi connectivity index (χ1) is 7.02. The summed E-state index contributed by atoms with van der Waals surface area (Å²) in [5, 5.41) is 0. The Bertz CT molecular complexity index is 401. The highest BCUT2D eigenvalue weighted by atomic mass is 19.2. The van der Waals surface area contributed by atoms with E-state index in [1.807, 2.05) is 0 Å². The molecule has 0 amide bonds. The maximum Gasteiger partial charge on any atom is 0.194 e. The SMILES string of the molecule is NC(c1c(F)cc(F)c(F)c1F)C1CC1. The molecule has 0 aromatic heterocycles. The van der Waals surface area contributed by atoms with Gasteiger partial charge in [-0.3, -0.25) is 0 Å². The number of benzene rings is 1. The highest BCUT2D eigenvalue weighted by Gasteiger charge is 2.34. The first kappa shape index (κ1) is 10.4. The fourth-order valence-electron chi connectivity index (χ4n) is 1.58. The van der Waals surface area contributed by atoms with Crippen LogP contribution in [0.25, 0.3) is 0 Å². The van der Waals surface area contributed by atoms with E-state index in [0.29, 0.717) is 6.07 Å². The number of rotatable bonds is 2. The Morgan fingerprint density at radius 2 is 1.67 bits per heavy atom. The van der Waals surface area contributed by atoms with E-state index in [2.05, 4.69) is 0 Å². The van der Waals surface area contributed by atoms with Gasteiger partial charge < -0.3 is 5.73 Å². The summed E-state index contributed by atoms with van der Waals surface area (Å²) in [6, 6.07) is -0.559. The summed E-state index contributed by atoms with van der Waals surface area (Å²) in [7, 11) is 0. The first-order valence-electron chi connectivity index (χ1n) is 4.61. The maximum absolute atomic E-state index is 13.2. The second-order valence-corrected chi connectivity index (χ2v) is 3.75. The van der Waals surface area contributed by atoms with Crippen LogP contribution in [0, 0.1) is 29.2 Å². The van der Waals surface area contributed by atoms with Gasteiger partial charge in [-0.05, 0) is 18.8 Å². The lowest BCUT2D eigenvalue weighted by molar-refractivity contribution is 0.411. The summed E-state index contributed by atoms with van der Waals surface area (Å²) in [4.78, 5) is 0. The van der Waals surface area contributed by atoms with Gasteiger partial charge in [-0.15, -0.1) is 0 Å². The zero-order valence-corrected chi connectivity index (χ0v) is 7.74. The molecule has 1 saturated carbocycles. The summed E-state index contributed by atoms with van der Waals surface area (Å²) in [5.74, 6) is -5.85. The normalized spacial score (nSPS) is 17.9. The molecule has 1 aliphatic rings. The third kappa shape index (κ3) is 1.71. The lowest BCUT2D eigenvalue weighted by Gasteiger charge is -2.13. The Balaban J connectivity index is 2.49.